The first kappa shape index (κ1) is 16.3. The van der Waals surface area contributed by atoms with Crippen LogP contribution in [0, 0.1) is 5.92 Å². The van der Waals surface area contributed by atoms with Crippen LogP contribution in [0.25, 0.3) is 0 Å². The third-order valence-corrected chi connectivity index (χ3v) is 3.92. The second-order valence-electron chi connectivity index (χ2n) is 5.80. The van der Waals surface area contributed by atoms with Crippen LogP contribution in [0.4, 0.5) is 10.5 Å². The van der Waals surface area contributed by atoms with E-state index in [1.807, 2.05) is 24.3 Å². The van der Waals surface area contributed by atoms with Gasteiger partial charge in [-0.1, -0.05) is 26.0 Å². The molecule has 0 heterocycles. The average Bonchev–Trinajstić information content (AvgIpc) is 3.36. The molecule has 5 nitrogen and oxygen atoms in total. The lowest BCUT2D eigenvalue weighted by molar-refractivity contribution is -0.117. The first-order valence-electron chi connectivity index (χ1n) is 8.06. The molecule has 1 saturated carbocycles. The molecular formula is C17H25N3O2. The van der Waals surface area contributed by atoms with Crippen molar-refractivity contribution in [2.45, 2.75) is 52.1 Å². The van der Waals surface area contributed by atoms with Crippen LogP contribution in [0.2, 0.25) is 0 Å². The van der Waals surface area contributed by atoms with Gasteiger partial charge < -0.3 is 16.0 Å². The molecule has 0 spiro atoms. The van der Waals surface area contributed by atoms with E-state index < -0.39 is 0 Å². The molecule has 0 radical (unpaired) electrons. The summed E-state index contributed by atoms with van der Waals surface area (Å²) in [5.74, 6) is 0.282. The van der Waals surface area contributed by atoms with Gasteiger partial charge in [0.2, 0.25) is 5.91 Å². The summed E-state index contributed by atoms with van der Waals surface area (Å²) in [7, 11) is 0. The van der Waals surface area contributed by atoms with Crippen LogP contribution in [0.1, 0.15) is 45.1 Å². The normalized spacial score (nSPS) is 13.8. The van der Waals surface area contributed by atoms with Crippen LogP contribution < -0.4 is 16.0 Å². The fourth-order valence-corrected chi connectivity index (χ4v) is 2.26. The summed E-state index contributed by atoms with van der Waals surface area (Å²) in [4.78, 5) is 23.6. The van der Waals surface area contributed by atoms with Crippen molar-refractivity contribution in [1.29, 1.82) is 0 Å². The summed E-state index contributed by atoms with van der Waals surface area (Å²) in [5.41, 5.74) is 1.75. The van der Waals surface area contributed by atoms with E-state index in [0.717, 1.165) is 36.9 Å². The Balaban J connectivity index is 1.82. The molecule has 2 rings (SSSR count). The Labute approximate surface area is 131 Å². The van der Waals surface area contributed by atoms with Gasteiger partial charge in [0.15, 0.2) is 0 Å². The number of carbonyl (C=O) groups excluding carboxylic acids is 2. The number of nitrogens with one attached hydrogen (secondary N) is 3. The van der Waals surface area contributed by atoms with Gasteiger partial charge in [-0.25, -0.2) is 4.79 Å². The second kappa shape index (κ2) is 7.82. The van der Waals surface area contributed by atoms with Gasteiger partial charge in [0.1, 0.15) is 0 Å². The zero-order valence-electron chi connectivity index (χ0n) is 13.3. The van der Waals surface area contributed by atoms with E-state index in [1.165, 1.54) is 0 Å². The molecule has 1 aliphatic carbocycles. The Morgan fingerprint density at radius 3 is 2.59 bits per heavy atom. The van der Waals surface area contributed by atoms with Gasteiger partial charge in [-0.2, -0.15) is 0 Å². The molecule has 0 atom stereocenters. The van der Waals surface area contributed by atoms with Crippen molar-refractivity contribution in [3.8, 4) is 0 Å². The van der Waals surface area contributed by atoms with E-state index in [2.05, 4.69) is 29.8 Å². The SMILES string of the molecule is CCC(CC)NC(=O)NCc1cccc(NC(=O)C2CC2)c1. The molecule has 1 fully saturated rings. The molecule has 22 heavy (non-hydrogen) atoms. The van der Waals surface area contributed by atoms with Gasteiger partial charge in [0, 0.05) is 24.2 Å². The Kier molecular flexibility index (Phi) is 5.81. The number of hydrogen-bond acceptors (Lipinski definition) is 2. The van der Waals surface area contributed by atoms with Gasteiger partial charge >= 0.3 is 6.03 Å². The molecule has 3 N–H and O–H groups in total. The Bertz CT molecular complexity index is 522. The summed E-state index contributed by atoms with van der Waals surface area (Å²) < 4.78 is 0. The van der Waals surface area contributed by atoms with Crippen molar-refractivity contribution in [2.24, 2.45) is 5.92 Å². The van der Waals surface area contributed by atoms with Gasteiger partial charge in [-0.05, 0) is 43.4 Å². The summed E-state index contributed by atoms with van der Waals surface area (Å²) in [6.45, 7) is 4.56. The summed E-state index contributed by atoms with van der Waals surface area (Å²) in [5, 5.41) is 8.70. The molecule has 0 aromatic heterocycles. The highest BCUT2D eigenvalue weighted by atomic mass is 16.2. The zero-order valence-corrected chi connectivity index (χ0v) is 13.3. The minimum atomic E-state index is -0.152. The fraction of sp³-hybridized carbons (Fsp3) is 0.529. The largest absolute Gasteiger partial charge is 0.335 e. The standard InChI is InChI=1S/C17H25N3O2/c1-3-14(4-2)20-17(22)18-11-12-6-5-7-15(10-12)19-16(21)13-8-9-13/h5-7,10,13-14H,3-4,8-9,11H2,1-2H3,(H,19,21)(H2,18,20,22). The lowest BCUT2D eigenvalue weighted by Gasteiger charge is -2.15. The van der Waals surface area contributed by atoms with Gasteiger partial charge in [-0.3, -0.25) is 4.79 Å². The quantitative estimate of drug-likeness (QED) is 0.724. The molecular weight excluding hydrogens is 278 g/mol. The number of benzene rings is 1. The van der Waals surface area contributed by atoms with E-state index in [0.29, 0.717) is 6.54 Å². The maximum Gasteiger partial charge on any atom is 0.315 e. The van der Waals surface area contributed by atoms with E-state index in [-0.39, 0.29) is 23.9 Å². The van der Waals surface area contributed by atoms with Gasteiger partial charge in [-0.15, -0.1) is 0 Å². The van der Waals surface area contributed by atoms with Crippen molar-refractivity contribution in [3.63, 3.8) is 0 Å². The Morgan fingerprint density at radius 2 is 1.95 bits per heavy atom. The maximum absolute atomic E-state index is 11.8. The summed E-state index contributed by atoms with van der Waals surface area (Å²) in [6.07, 6.45) is 3.83. The van der Waals surface area contributed by atoms with Crippen LogP contribution in [0.3, 0.4) is 0 Å². The molecule has 1 aliphatic rings. The smallest absolute Gasteiger partial charge is 0.315 e. The lowest BCUT2D eigenvalue weighted by atomic mass is 10.2. The van der Waals surface area contributed by atoms with Crippen molar-refractivity contribution >= 4 is 17.6 Å². The van der Waals surface area contributed by atoms with Crippen LogP contribution in [0.15, 0.2) is 24.3 Å². The summed E-state index contributed by atoms with van der Waals surface area (Å²) in [6, 6.07) is 7.65. The minimum absolute atomic E-state index is 0.0941. The highest BCUT2D eigenvalue weighted by Crippen LogP contribution is 2.30. The van der Waals surface area contributed by atoms with Crippen LogP contribution in [0.5, 0.6) is 0 Å². The maximum atomic E-state index is 11.8. The highest BCUT2D eigenvalue weighted by molar-refractivity contribution is 5.94. The predicted molar refractivity (Wildman–Crippen MR) is 87.5 cm³/mol. The minimum Gasteiger partial charge on any atom is -0.335 e. The molecule has 120 valence electrons. The molecule has 1 aromatic rings. The number of amides is 3. The third-order valence-electron chi connectivity index (χ3n) is 3.92. The number of rotatable bonds is 7. The van der Waals surface area contributed by atoms with Crippen molar-refractivity contribution in [2.75, 3.05) is 5.32 Å². The first-order chi connectivity index (χ1) is 10.6. The molecule has 0 aliphatic heterocycles. The van der Waals surface area contributed by atoms with E-state index in [1.54, 1.807) is 0 Å². The van der Waals surface area contributed by atoms with Crippen molar-refractivity contribution in [3.05, 3.63) is 29.8 Å². The summed E-state index contributed by atoms with van der Waals surface area (Å²) >= 11 is 0. The van der Waals surface area contributed by atoms with Crippen LogP contribution in [-0.4, -0.2) is 18.0 Å². The number of anilines is 1. The van der Waals surface area contributed by atoms with Gasteiger partial charge in [0.25, 0.3) is 0 Å². The number of urea groups is 1. The predicted octanol–water partition coefficient (Wildman–Crippen LogP) is 3.02. The molecule has 5 heteroatoms. The number of hydrogen-bond donors (Lipinski definition) is 3. The fourth-order valence-electron chi connectivity index (χ4n) is 2.26. The monoisotopic (exact) mass is 303 g/mol. The Hall–Kier alpha value is -2.04. The first-order valence-corrected chi connectivity index (χ1v) is 8.06. The second-order valence-corrected chi connectivity index (χ2v) is 5.80. The lowest BCUT2D eigenvalue weighted by Crippen LogP contribution is -2.41. The van der Waals surface area contributed by atoms with E-state index in [4.69, 9.17) is 0 Å². The molecule has 3 amide bonds. The molecule has 0 unspecified atom stereocenters. The highest BCUT2D eigenvalue weighted by Gasteiger charge is 2.29. The average molecular weight is 303 g/mol. The Morgan fingerprint density at radius 1 is 1.23 bits per heavy atom. The van der Waals surface area contributed by atoms with E-state index in [9.17, 15) is 9.59 Å². The van der Waals surface area contributed by atoms with E-state index >= 15 is 0 Å². The third kappa shape index (κ3) is 5.06. The topological polar surface area (TPSA) is 70.2 Å². The number of carbonyl (C=O) groups is 2. The molecule has 0 bridgehead atoms. The molecule has 1 aromatic carbocycles. The van der Waals surface area contributed by atoms with Crippen LogP contribution in [-0.2, 0) is 11.3 Å². The molecule has 0 saturated heterocycles. The van der Waals surface area contributed by atoms with Crippen molar-refractivity contribution in [1.82, 2.24) is 10.6 Å². The van der Waals surface area contributed by atoms with Crippen molar-refractivity contribution < 1.29 is 9.59 Å². The van der Waals surface area contributed by atoms with Gasteiger partial charge in [0.05, 0.1) is 0 Å². The zero-order chi connectivity index (χ0) is 15.9. The van der Waals surface area contributed by atoms with Crippen LogP contribution >= 0.6 is 0 Å².